The minimum atomic E-state index is -0.511. The first kappa shape index (κ1) is 21.1. The van der Waals surface area contributed by atoms with E-state index in [-0.39, 0.29) is 22.9 Å². The van der Waals surface area contributed by atoms with Crippen LogP contribution in [0, 0.1) is 11.3 Å². The van der Waals surface area contributed by atoms with Crippen molar-refractivity contribution in [1.82, 2.24) is 9.97 Å². The molecule has 0 aliphatic carbocycles. The number of hydrogen-bond acceptors (Lipinski definition) is 6. The molecular formula is C20H15Cl2N3O3S. The summed E-state index contributed by atoms with van der Waals surface area (Å²) in [5, 5.41) is 20.5. The number of nitriles is 1. The summed E-state index contributed by atoms with van der Waals surface area (Å²) >= 11 is 13.2. The van der Waals surface area contributed by atoms with Crippen molar-refractivity contribution < 1.29 is 14.6 Å². The predicted molar refractivity (Wildman–Crippen MR) is 115 cm³/mol. The van der Waals surface area contributed by atoms with Crippen LogP contribution in [-0.2, 0) is 15.3 Å². The minimum Gasteiger partial charge on any atom is -0.507 e. The summed E-state index contributed by atoms with van der Waals surface area (Å²) in [6.45, 7) is -0.411. The van der Waals surface area contributed by atoms with Crippen LogP contribution in [0.4, 0.5) is 0 Å². The first-order valence-corrected chi connectivity index (χ1v) is 10.3. The highest BCUT2D eigenvalue weighted by Gasteiger charge is 2.15. The number of imidazole rings is 1. The van der Waals surface area contributed by atoms with Gasteiger partial charge >= 0.3 is 5.97 Å². The van der Waals surface area contributed by atoms with Gasteiger partial charge in [-0.05, 0) is 29.8 Å². The lowest BCUT2D eigenvalue weighted by atomic mass is 10.2. The lowest BCUT2D eigenvalue weighted by Gasteiger charge is -2.06. The average Bonchev–Trinajstić information content (AvgIpc) is 3.13. The highest BCUT2D eigenvalue weighted by atomic mass is 35.5. The number of ether oxygens (including phenoxy) is 1. The Bertz CT molecular complexity index is 1090. The summed E-state index contributed by atoms with van der Waals surface area (Å²) in [6, 6.07) is 14.4. The first-order chi connectivity index (χ1) is 14.0. The van der Waals surface area contributed by atoms with E-state index in [4.69, 9.17) is 27.9 Å². The number of carbonyl (C=O) groups is 1. The second-order valence-electron chi connectivity index (χ2n) is 5.94. The van der Waals surface area contributed by atoms with E-state index in [1.54, 1.807) is 18.2 Å². The van der Waals surface area contributed by atoms with Gasteiger partial charge in [0.2, 0.25) is 0 Å². The molecule has 0 saturated heterocycles. The average molecular weight is 448 g/mol. The molecule has 0 fully saturated rings. The number of aromatic nitrogens is 2. The fourth-order valence-electron chi connectivity index (χ4n) is 2.47. The number of nitrogens with zero attached hydrogens (tertiary/aromatic N) is 2. The molecule has 0 unspecified atom stereocenters. The van der Waals surface area contributed by atoms with E-state index >= 15 is 0 Å². The smallest absolute Gasteiger partial charge is 0.316 e. The number of halogens is 2. The van der Waals surface area contributed by atoms with Crippen LogP contribution in [0.25, 0.3) is 16.6 Å². The fraction of sp³-hybridized carbons (Fsp3) is 0.150. The second-order valence-corrected chi connectivity index (χ2v) is 7.74. The Kier molecular flexibility index (Phi) is 7.04. The van der Waals surface area contributed by atoms with E-state index in [1.807, 2.05) is 30.3 Å². The molecule has 3 rings (SSSR count). The van der Waals surface area contributed by atoms with Gasteiger partial charge in [0.05, 0.1) is 26.8 Å². The Morgan fingerprint density at radius 1 is 1.24 bits per heavy atom. The number of aromatic amines is 1. The van der Waals surface area contributed by atoms with Crippen molar-refractivity contribution in [2.75, 3.05) is 12.4 Å². The number of esters is 1. The van der Waals surface area contributed by atoms with Crippen LogP contribution in [0.1, 0.15) is 11.4 Å². The maximum atomic E-state index is 11.9. The van der Waals surface area contributed by atoms with Crippen molar-refractivity contribution in [3.8, 4) is 6.07 Å². The summed E-state index contributed by atoms with van der Waals surface area (Å²) in [7, 11) is 0. The maximum absolute atomic E-state index is 11.9. The Balaban J connectivity index is 1.55. The van der Waals surface area contributed by atoms with Crippen LogP contribution in [0.3, 0.4) is 0 Å². The van der Waals surface area contributed by atoms with Gasteiger partial charge in [-0.2, -0.15) is 5.26 Å². The van der Waals surface area contributed by atoms with E-state index in [0.717, 1.165) is 11.1 Å². The molecular weight excluding hydrogens is 433 g/mol. The van der Waals surface area contributed by atoms with Crippen LogP contribution >= 0.6 is 35.0 Å². The number of fused-ring (bicyclic) bond motifs is 1. The Hall–Kier alpha value is -2.66. The van der Waals surface area contributed by atoms with Crippen molar-refractivity contribution in [2.24, 2.45) is 0 Å². The summed E-state index contributed by atoms with van der Waals surface area (Å²) in [4.78, 5) is 19.1. The topological polar surface area (TPSA) is 99.0 Å². The molecule has 1 heterocycles. The van der Waals surface area contributed by atoms with Crippen LogP contribution in [-0.4, -0.2) is 33.4 Å². The van der Waals surface area contributed by atoms with Gasteiger partial charge in [-0.1, -0.05) is 41.4 Å². The third kappa shape index (κ3) is 5.45. The van der Waals surface area contributed by atoms with Crippen LogP contribution < -0.4 is 0 Å². The third-order valence-corrected chi connectivity index (χ3v) is 5.59. The van der Waals surface area contributed by atoms with E-state index in [0.29, 0.717) is 21.3 Å². The number of benzene rings is 2. The molecule has 6 nitrogen and oxygen atoms in total. The highest BCUT2D eigenvalue weighted by molar-refractivity contribution is 7.99. The van der Waals surface area contributed by atoms with Crippen molar-refractivity contribution in [3.63, 3.8) is 0 Å². The van der Waals surface area contributed by atoms with Gasteiger partial charge in [-0.3, -0.25) is 4.79 Å². The maximum Gasteiger partial charge on any atom is 0.316 e. The Labute approximate surface area is 181 Å². The van der Waals surface area contributed by atoms with Gasteiger partial charge in [0.25, 0.3) is 0 Å². The van der Waals surface area contributed by atoms with Crippen molar-refractivity contribution in [3.05, 3.63) is 69.7 Å². The molecule has 0 aliphatic rings. The molecule has 0 atom stereocenters. The number of aliphatic hydroxyl groups excluding tert-OH is 1. The largest absolute Gasteiger partial charge is 0.507 e. The number of para-hydroxylation sites is 2. The predicted octanol–water partition coefficient (Wildman–Crippen LogP) is 5.14. The van der Waals surface area contributed by atoms with Crippen molar-refractivity contribution in [2.45, 2.75) is 5.75 Å². The number of aliphatic hydroxyl groups is 1. The fourth-order valence-corrected chi connectivity index (χ4v) is 3.56. The molecule has 0 bridgehead atoms. The molecule has 1 aromatic heterocycles. The molecule has 3 aromatic rings. The number of thioether (sulfide) groups is 1. The number of carbonyl (C=O) groups excluding carboxylic acids is 1. The Morgan fingerprint density at radius 2 is 2.03 bits per heavy atom. The zero-order chi connectivity index (χ0) is 20.8. The lowest BCUT2D eigenvalue weighted by molar-refractivity contribution is -0.140. The SMILES string of the molecule is N#CC(=C(O)COC(=O)CSCc1ccc(Cl)c(Cl)c1)c1nc2ccccc2[nH]1. The number of nitrogens with one attached hydrogen (secondary N) is 1. The van der Waals surface area contributed by atoms with Crippen LogP contribution in [0.2, 0.25) is 10.0 Å². The summed E-state index contributed by atoms with van der Waals surface area (Å²) in [5.41, 5.74) is 2.26. The molecule has 0 saturated carbocycles. The molecule has 2 aromatic carbocycles. The van der Waals surface area contributed by atoms with Gasteiger partial charge in [0.15, 0.2) is 11.6 Å². The number of H-pyrrole nitrogens is 1. The minimum absolute atomic E-state index is 0.0718. The van der Waals surface area contributed by atoms with Crippen LogP contribution in [0.5, 0.6) is 0 Å². The number of hydrogen-bond donors (Lipinski definition) is 2. The van der Waals surface area contributed by atoms with Gasteiger partial charge in [-0.15, -0.1) is 11.8 Å². The summed E-state index contributed by atoms with van der Waals surface area (Å²) in [6.07, 6.45) is 0. The third-order valence-electron chi connectivity index (χ3n) is 3.87. The van der Waals surface area contributed by atoms with Crippen molar-refractivity contribution >= 4 is 57.5 Å². The molecule has 0 amide bonds. The van der Waals surface area contributed by atoms with E-state index < -0.39 is 12.6 Å². The monoisotopic (exact) mass is 447 g/mol. The quantitative estimate of drug-likeness (QED) is 0.295. The standard InChI is InChI=1S/C20H15Cl2N3O3S/c21-14-6-5-12(7-15(14)22)10-29-11-19(27)28-9-18(26)13(8-23)20-24-16-3-1-2-4-17(16)25-20/h1-7,26H,9-11H2,(H,24,25). The van der Waals surface area contributed by atoms with Gasteiger partial charge < -0.3 is 14.8 Å². The van der Waals surface area contributed by atoms with Crippen molar-refractivity contribution in [1.29, 1.82) is 5.26 Å². The first-order valence-electron chi connectivity index (χ1n) is 8.42. The molecule has 9 heteroatoms. The van der Waals surface area contributed by atoms with E-state index in [9.17, 15) is 15.2 Å². The lowest BCUT2D eigenvalue weighted by Crippen LogP contribution is -2.11. The summed E-state index contributed by atoms with van der Waals surface area (Å²) < 4.78 is 5.06. The van der Waals surface area contributed by atoms with Gasteiger partial charge in [0, 0.05) is 5.75 Å². The molecule has 2 N–H and O–H groups in total. The molecule has 0 aliphatic heterocycles. The zero-order valence-electron chi connectivity index (χ0n) is 15.0. The van der Waals surface area contributed by atoms with Gasteiger partial charge in [0.1, 0.15) is 18.2 Å². The molecule has 148 valence electrons. The normalized spacial score (nSPS) is 11.8. The van der Waals surface area contributed by atoms with Crippen LogP contribution in [0.15, 0.2) is 48.2 Å². The van der Waals surface area contributed by atoms with E-state index in [1.165, 1.54) is 11.8 Å². The molecule has 29 heavy (non-hydrogen) atoms. The zero-order valence-corrected chi connectivity index (χ0v) is 17.3. The summed E-state index contributed by atoms with van der Waals surface area (Å²) in [5.74, 6) is -0.0230. The number of rotatable bonds is 7. The second kappa shape index (κ2) is 9.70. The Morgan fingerprint density at radius 3 is 2.76 bits per heavy atom. The van der Waals surface area contributed by atoms with E-state index in [2.05, 4.69) is 9.97 Å². The number of allylic oxidation sites excluding steroid dienone is 1. The highest BCUT2D eigenvalue weighted by Crippen LogP contribution is 2.25. The van der Waals surface area contributed by atoms with Gasteiger partial charge in [-0.25, -0.2) is 4.98 Å². The molecule has 0 radical (unpaired) electrons. The molecule has 0 spiro atoms.